The molecule has 274 valence electrons. The second-order valence-corrected chi connectivity index (χ2v) is 14.9. The van der Waals surface area contributed by atoms with Crippen LogP contribution < -0.4 is 21.7 Å². The van der Waals surface area contributed by atoms with Gasteiger partial charge >= 0.3 is 5.97 Å². The highest BCUT2D eigenvalue weighted by atomic mass is 32.2. The van der Waals surface area contributed by atoms with Crippen molar-refractivity contribution >= 4 is 57.8 Å². The third-order valence-corrected chi connectivity index (χ3v) is 11.7. The summed E-state index contributed by atoms with van der Waals surface area (Å²) in [5.74, 6) is -2.85. The van der Waals surface area contributed by atoms with Gasteiger partial charge in [-0.3, -0.25) is 19.3 Å². The number of carboxylic acids is 1. The number of oxime groups is 1. The number of nitrogens with two attached hydrogens (primary N) is 1. The molecule has 14 nitrogen and oxygen atoms in total. The first-order valence-electron chi connectivity index (χ1n) is 17.2. The van der Waals surface area contributed by atoms with Crippen LogP contribution in [0.1, 0.15) is 28.9 Å². The molecule has 4 aliphatic heterocycles. The van der Waals surface area contributed by atoms with Gasteiger partial charge in [-0.15, -0.1) is 11.8 Å². The van der Waals surface area contributed by atoms with Crippen molar-refractivity contribution in [1.82, 2.24) is 30.2 Å². The predicted octanol–water partition coefficient (Wildman–Crippen LogP) is 2.61. The standard InChI is InChI=1S/C38H34N8O6S2/c39-37-43-31(45-54-37)28(44-52-38(22-10-4-1-5-11-22,23-12-6-2-7-13-23)24-14-8-3-9-15-24)33(48)42-29-34(49)46-30(36(50)51)26(20-53-35(29)46)27(21-18-40-19-21)25-16-17-41-32(25)47/h1-15,21,29,35,40H,16-20H2,(H,41,47)(H,42,48)(H,50,51)(H2,39,43,45)/t29-,35-/m1/s1. The van der Waals surface area contributed by atoms with E-state index in [-0.39, 0.29) is 39.9 Å². The minimum atomic E-state index is -1.34. The molecule has 6 N–H and O–H groups in total. The number of nitrogen functional groups attached to an aromatic ring is 1. The molecule has 0 aliphatic carbocycles. The number of aromatic nitrogens is 2. The Morgan fingerprint density at radius 2 is 1.57 bits per heavy atom. The van der Waals surface area contributed by atoms with Crippen LogP contribution in [0.5, 0.6) is 0 Å². The summed E-state index contributed by atoms with van der Waals surface area (Å²) in [5.41, 5.74) is 7.99. The molecule has 0 bridgehead atoms. The lowest BCUT2D eigenvalue weighted by atomic mass is 9.80. The number of hydrogen-bond acceptors (Lipinski definition) is 12. The van der Waals surface area contributed by atoms with Crippen molar-refractivity contribution in [3.8, 4) is 0 Å². The summed E-state index contributed by atoms with van der Waals surface area (Å²) >= 11 is 2.19. The van der Waals surface area contributed by atoms with Crippen molar-refractivity contribution in [2.24, 2.45) is 11.1 Å². The number of anilines is 1. The van der Waals surface area contributed by atoms with Gasteiger partial charge in [-0.1, -0.05) is 96.2 Å². The first-order chi connectivity index (χ1) is 26.3. The fourth-order valence-corrected chi connectivity index (χ4v) is 9.09. The molecule has 2 atom stereocenters. The smallest absolute Gasteiger partial charge is 0.352 e. The van der Waals surface area contributed by atoms with Gasteiger partial charge in [0.2, 0.25) is 23.0 Å². The van der Waals surface area contributed by atoms with Crippen LogP contribution >= 0.6 is 23.3 Å². The Hall–Kier alpha value is -5.84. The maximum atomic E-state index is 14.2. The van der Waals surface area contributed by atoms with Gasteiger partial charge in [-0.05, 0) is 17.6 Å². The number of benzene rings is 3. The van der Waals surface area contributed by atoms with Crippen LogP contribution in [-0.2, 0) is 29.6 Å². The van der Waals surface area contributed by atoms with E-state index in [1.807, 2.05) is 91.0 Å². The molecule has 3 aromatic carbocycles. The number of nitrogens with zero attached hydrogens (tertiary/aromatic N) is 4. The molecule has 4 aromatic rings. The summed E-state index contributed by atoms with van der Waals surface area (Å²) in [6.07, 6.45) is 0.473. The molecule has 8 rings (SSSR count). The Labute approximate surface area is 317 Å². The lowest BCUT2D eigenvalue weighted by Gasteiger charge is -2.50. The van der Waals surface area contributed by atoms with E-state index in [1.165, 1.54) is 16.7 Å². The van der Waals surface area contributed by atoms with Crippen molar-refractivity contribution in [2.45, 2.75) is 23.4 Å². The van der Waals surface area contributed by atoms with Gasteiger partial charge in [0, 0.05) is 65.1 Å². The molecule has 5 heterocycles. The number of fused-ring (bicyclic) bond motifs is 1. The van der Waals surface area contributed by atoms with Crippen LogP contribution in [-0.4, -0.2) is 85.6 Å². The van der Waals surface area contributed by atoms with Crippen molar-refractivity contribution in [2.75, 3.05) is 31.1 Å². The first kappa shape index (κ1) is 35.2. The summed E-state index contributed by atoms with van der Waals surface area (Å²) in [6.45, 7) is 1.67. The van der Waals surface area contributed by atoms with E-state index in [2.05, 4.69) is 30.5 Å². The number of rotatable bonds is 11. The summed E-state index contributed by atoms with van der Waals surface area (Å²) in [5, 5.41) is 23.1. The van der Waals surface area contributed by atoms with Crippen molar-refractivity contribution in [1.29, 1.82) is 0 Å². The molecule has 4 aliphatic rings. The summed E-state index contributed by atoms with van der Waals surface area (Å²) < 4.78 is 4.25. The Bertz CT molecular complexity index is 2130. The monoisotopic (exact) mass is 762 g/mol. The zero-order valence-electron chi connectivity index (χ0n) is 28.6. The van der Waals surface area contributed by atoms with Gasteiger partial charge < -0.3 is 31.6 Å². The van der Waals surface area contributed by atoms with E-state index >= 15 is 0 Å². The van der Waals surface area contributed by atoms with E-state index < -0.39 is 34.8 Å². The minimum Gasteiger partial charge on any atom is -0.477 e. The molecule has 3 saturated heterocycles. The summed E-state index contributed by atoms with van der Waals surface area (Å²) in [4.78, 5) is 65.7. The number of thioether (sulfide) groups is 1. The van der Waals surface area contributed by atoms with Gasteiger partial charge in [0.1, 0.15) is 17.1 Å². The summed E-state index contributed by atoms with van der Waals surface area (Å²) in [7, 11) is 0. The molecule has 0 radical (unpaired) electrons. The molecule has 54 heavy (non-hydrogen) atoms. The van der Waals surface area contributed by atoms with Gasteiger partial charge in [0.05, 0.1) is 0 Å². The molecule has 0 spiro atoms. The highest BCUT2D eigenvalue weighted by molar-refractivity contribution is 8.00. The highest BCUT2D eigenvalue weighted by Gasteiger charge is 2.55. The Balaban J connectivity index is 1.14. The van der Waals surface area contributed by atoms with Crippen molar-refractivity contribution in [3.63, 3.8) is 0 Å². The number of nitrogens with one attached hydrogen (secondary N) is 3. The molecule has 16 heteroatoms. The molecule has 3 fully saturated rings. The Morgan fingerprint density at radius 1 is 0.963 bits per heavy atom. The van der Waals surface area contributed by atoms with E-state index in [4.69, 9.17) is 10.6 Å². The van der Waals surface area contributed by atoms with Crippen LogP contribution in [0.2, 0.25) is 0 Å². The minimum absolute atomic E-state index is 0.0520. The molecule has 0 saturated carbocycles. The topological polar surface area (TPSA) is 201 Å². The molecule has 1 aromatic heterocycles. The lowest BCUT2D eigenvalue weighted by Crippen LogP contribution is -2.71. The normalized spacial score (nSPS) is 21.1. The Morgan fingerprint density at radius 3 is 2.06 bits per heavy atom. The summed E-state index contributed by atoms with van der Waals surface area (Å²) in [6, 6.07) is 27.3. The third kappa shape index (κ3) is 6.11. The van der Waals surface area contributed by atoms with Crippen molar-refractivity contribution in [3.05, 3.63) is 136 Å². The second-order valence-electron chi connectivity index (χ2n) is 13.0. The van der Waals surface area contributed by atoms with E-state index in [9.17, 15) is 24.3 Å². The largest absolute Gasteiger partial charge is 0.477 e. The quantitative estimate of drug-likeness (QED) is 0.0495. The fraction of sp³-hybridized carbons (Fsp3) is 0.237. The van der Waals surface area contributed by atoms with Crippen LogP contribution in [0.25, 0.3) is 0 Å². The SMILES string of the molecule is Nc1nc(C(=NOC(c2ccccc2)(c2ccccc2)c2ccccc2)C(=O)N[C@@H]2C(=O)N3C(C(=O)O)=C(C(=C4CCNC4=O)C4CNC4)CS[C@H]23)ns1. The van der Waals surface area contributed by atoms with Gasteiger partial charge in [0.15, 0.2) is 5.13 Å². The van der Waals surface area contributed by atoms with Crippen molar-refractivity contribution < 1.29 is 29.1 Å². The number of β-lactam (4-membered cyclic amide) rings is 1. The highest BCUT2D eigenvalue weighted by Crippen LogP contribution is 2.45. The average molecular weight is 763 g/mol. The molecule has 3 amide bonds. The van der Waals surface area contributed by atoms with Gasteiger partial charge in [-0.25, -0.2) is 4.79 Å². The number of amides is 3. The first-order valence-corrected chi connectivity index (χ1v) is 19.1. The van der Waals surface area contributed by atoms with Crippen LogP contribution in [0.15, 0.2) is 119 Å². The van der Waals surface area contributed by atoms with E-state index in [0.29, 0.717) is 42.8 Å². The maximum Gasteiger partial charge on any atom is 0.352 e. The molecular formula is C38H34N8O6S2. The van der Waals surface area contributed by atoms with Gasteiger partial charge in [-0.2, -0.15) is 9.36 Å². The predicted molar refractivity (Wildman–Crippen MR) is 202 cm³/mol. The second kappa shape index (κ2) is 14.5. The number of hydrogen-bond donors (Lipinski definition) is 5. The van der Waals surface area contributed by atoms with Gasteiger partial charge in [0.25, 0.3) is 11.8 Å². The van der Waals surface area contributed by atoms with Crippen LogP contribution in [0, 0.1) is 5.92 Å². The van der Waals surface area contributed by atoms with E-state index in [1.54, 1.807) is 0 Å². The number of carboxylic acid groups (broad SMARTS) is 1. The average Bonchev–Trinajstić information content (AvgIpc) is 3.81. The Kier molecular flexibility index (Phi) is 9.47. The molecule has 0 unspecified atom stereocenters. The van der Waals surface area contributed by atoms with E-state index in [0.717, 1.165) is 28.2 Å². The number of carbonyl (C=O) groups excluding carboxylic acids is 3. The van der Waals surface area contributed by atoms with Crippen LogP contribution in [0.4, 0.5) is 5.13 Å². The number of aliphatic carboxylic acids is 1. The zero-order chi connectivity index (χ0) is 37.4. The number of carbonyl (C=O) groups is 4. The maximum absolute atomic E-state index is 14.2. The third-order valence-electron chi connectivity index (χ3n) is 9.92. The zero-order valence-corrected chi connectivity index (χ0v) is 30.2. The molecular weight excluding hydrogens is 729 g/mol. The fourth-order valence-electron chi connectivity index (χ4n) is 7.29. The van der Waals surface area contributed by atoms with Crippen LogP contribution in [0.3, 0.4) is 0 Å². The lowest BCUT2D eigenvalue weighted by molar-refractivity contribution is -0.150.